The molecule has 0 unspecified atom stereocenters. The smallest absolute Gasteiger partial charge is 0.260 e. The minimum Gasteiger partial charge on any atom is -0.497 e. The number of nitrogens with one attached hydrogen (secondary N) is 1. The maximum absolute atomic E-state index is 13.4. The highest BCUT2D eigenvalue weighted by molar-refractivity contribution is 6.20. The van der Waals surface area contributed by atoms with Gasteiger partial charge in [-0.05, 0) is 36.2 Å². The normalized spacial score (nSPS) is 10.8. The maximum atomic E-state index is 13.4. The summed E-state index contributed by atoms with van der Waals surface area (Å²) in [5.41, 5.74) is 9.61. The van der Waals surface area contributed by atoms with Crippen LogP contribution in [0.25, 0.3) is 5.52 Å². The Bertz CT molecular complexity index is 1340. The molecule has 0 saturated carbocycles. The van der Waals surface area contributed by atoms with Gasteiger partial charge in [-0.3, -0.25) is 9.59 Å². The van der Waals surface area contributed by atoms with Crippen molar-refractivity contribution in [3.05, 3.63) is 89.2 Å². The third-order valence-corrected chi connectivity index (χ3v) is 5.60. The number of nitrogens with zero attached hydrogens (tertiary/aromatic N) is 1. The van der Waals surface area contributed by atoms with Crippen molar-refractivity contribution in [1.82, 2.24) is 4.40 Å². The van der Waals surface area contributed by atoms with Crippen LogP contribution in [-0.2, 0) is 6.42 Å². The number of ketones is 1. The van der Waals surface area contributed by atoms with Crippen LogP contribution in [0.15, 0.2) is 66.9 Å². The molecule has 2 heterocycles. The van der Waals surface area contributed by atoms with Gasteiger partial charge in [0.2, 0.25) is 5.78 Å². The second kappa shape index (κ2) is 9.08. The molecular weight excluding hydrogens is 418 g/mol. The summed E-state index contributed by atoms with van der Waals surface area (Å²) in [7, 11) is 3.05. The van der Waals surface area contributed by atoms with Crippen molar-refractivity contribution in [3.63, 3.8) is 0 Å². The molecule has 4 rings (SSSR count). The van der Waals surface area contributed by atoms with Crippen LogP contribution in [0.1, 0.15) is 38.9 Å². The van der Waals surface area contributed by atoms with E-state index in [9.17, 15) is 9.59 Å². The van der Waals surface area contributed by atoms with Crippen LogP contribution in [-0.4, -0.2) is 30.3 Å². The summed E-state index contributed by atoms with van der Waals surface area (Å²) in [6.07, 6.45) is 2.60. The molecule has 0 radical (unpaired) electrons. The van der Waals surface area contributed by atoms with Gasteiger partial charge in [0.05, 0.1) is 36.7 Å². The molecule has 4 aromatic rings. The first-order valence-corrected chi connectivity index (χ1v) is 10.5. The van der Waals surface area contributed by atoms with E-state index in [0.717, 1.165) is 12.0 Å². The van der Waals surface area contributed by atoms with E-state index in [-0.39, 0.29) is 22.7 Å². The van der Waals surface area contributed by atoms with Gasteiger partial charge in [0, 0.05) is 17.8 Å². The number of hydrogen-bond acceptors (Lipinski definition) is 5. The monoisotopic (exact) mass is 443 g/mol. The van der Waals surface area contributed by atoms with E-state index in [1.807, 2.05) is 12.1 Å². The minimum absolute atomic E-state index is 0.116. The third-order valence-electron chi connectivity index (χ3n) is 5.60. The van der Waals surface area contributed by atoms with Crippen molar-refractivity contribution in [1.29, 1.82) is 0 Å². The van der Waals surface area contributed by atoms with Gasteiger partial charge in [-0.15, -0.1) is 0 Å². The number of methoxy groups -OCH3 is 2. The Morgan fingerprint density at radius 1 is 1.00 bits per heavy atom. The van der Waals surface area contributed by atoms with Crippen molar-refractivity contribution in [3.8, 4) is 11.5 Å². The summed E-state index contributed by atoms with van der Waals surface area (Å²) < 4.78 is 12.3. The number of pyridine rings is 1. The van der Waals surface area contributed by atoms with Crippen LogP contribution < -0.4 is 20.5 Å². The SMILES string of the molecule is CCc1ccc(C(=O)c2c(N)c(C(=O)Nc3cc(OC)ccc3OC)c3ccccn23)cc1. The van der Waals surface area contributed by atoms with Crippen molar-refractivity contribution in [2.24, 2.45) is 0 Å². The highest BCUT2D eigenvalue weighted by Gasteiger charge is 2.26. The van der Waals surface area contributed by atoms with Crippen LogP contribution in [0.5, 0.6) is 11.5 Å². The number of rotatable bonds is 7. The van der Waals surface area contributed by atoms with Gasteiger partial charge >= 0.3 is 0 Å². The van der Waals surface area contributed by atoms with Crippen molar-refractivity contribution in [2.75, 3.05) is 25.3 Å². The van der Waals surface area contributed by atoms with Gasteiger partial charge in [-0.25, -0.2) is 0 Å². The number of fused-ring (bicyclic) bond motifs is 1. The summed E-state index contributed by atoms with van der Waals surface area (Å²) >= 11 is 0. The van der Waals surface area contributed by atoms with E-state index < -0.39 is 5.91 Å². The second-order valence-electron chi connectivity index (χ2n) is 7.49. The lowest BCUT2D eigenvalue weighted by atomic mass is 10.0. The van der Waals surface area contributed by atoms with E-state index in [4.69, 9.17) is 15.2 Å². The number of carbonyl (C=O) groups excluding carboxylic acids is 2. The number of aryl methyl sites for hydroxylation is 1. The predicted molar refractivity (Wildman–Crippen MR) is 129 cm³/mol. The molecule has 0 saturated heterocycles. The molecule has 3 N–H and O–H groups in total. The van der Waals surface area contributed by atoms with E-state index in [1.54, 1.807) is 59.1 Å². The largest absolute Gasteiger partial charge is 0.497 e. The zero-order valence-electron chi connectivity index (χ0n) is 18.7. The van der Waals surface area contributed by atoms with Crippen molar-refractivity contribution < 1.29 is 19.1 Å². The summed E-state index contributed by atoms with van der Waals surface area (Å²) in [4.78, 5) is 26.8. The minimum atomic E-state index is -0.455. The standard InChI is InChI=1S/C26H25N3O4/c1-4-16-8-10-17(11-9-16)25(30)24-23(27)22(20-7-5-6-14-29(20)24)26(31)28-19-15-18(32-2)12-13-21(19)33-3/h5-15H,4,27H2,1-3H3,(H,28,31). The van der Waals surface area contributed by atoms with Crippen molar-refractivity contribution in [2.45, 2.75) is 13.3 Å². The number of amides is 1. The number of nitrogens with two attached hydrogens (primary N) is 1. The maximum Gasteiger partial charge on any atom is 0.260 e. The lowest BCUT2D eigenvalue weighted by Gasteiger charge is -2.12. The molecule has 0 bridgehead atoms. The Hall–Kier alpha value is -4.26. The molecule has 7 nitrogen and oxygen atoms in total. The lowest BCUT2D eigenvalue weighted by molar-refractivity contribution is 0.102. The van der Waals surface area contributed by atoms with Crippen LogP contribution in [0, 0.1) is 0 Å². The molecule has 0 fully saturated rings. The fraction of sp³-hybridized carbons (Fsp3) is 0.154. The molecular formula is C26H25N3O4. The molecule has 0 atom stereocenters. The van der Waals surface area contributed by atoms with Crippen LogP contribution in [0.3, 0.4) is 0 Å². The molecule has 168 valence electrons. The molecule has 0 aliphatic carbocycles. The Kier molecular flexibility index (Phi) is 6.04. The number of aromatic nitrogens is 1. The first-order valence-electron chi connectivity index (χ1n) is 10.5. The number of ether oxygens (including phenoxy) is 2. The first kappa shape index (κ1) is 22.0. The van der Waals surface area contributed by atoms with E-state index >= 15 is 0 Å². The zero-order valence-corrected chi connectivity index (χ0v) is 18.7. The number of nitrogen functional groups attached to an aromatic ring is 1. The Morgan fingerprint density at radius 2 is 1.76 bits per heavy atom. The molecule has 0 aliphatic heterocycles. The van der Waals surface area contributed by atoms with Gasteiger partial charge in [0.1, 0.15) is 17.2 Å². The topological polar surface area (TPSA) is 95.1 Å². The molecule has 2 aromatic heterocycles. The molecule has 2 aromatic carbocycles. The molecule has 0 spiro atoms. The molecule has 1 amide bonds. The van der Waals surface area contributed by atoms with Crippen LogP contribution in [0.2, 0.25) is 0 Å². The van der Waals surface area contributed by atoms with Gasteiger partial charge < -0.3 is 24.9 Å². The number of anilines is 2. The van der Waals surface area contributed by atoms with E-state index in [2.05, 4.69) is 12.2 Å². The Morgan fingerprint density at radius 3 is 2.42 bits per heavy atom. The average Bonchev–Trinajstić information content (AvgIpc) is 3.15. The molecule has 7 heteroatoms. The summed E-state index contributed by atoms with van der Waals surface area (Å²) in [5, 5.41) is 2.84. The van der Waals surface area contributed by atoms with Gasteiger partial charge in [-0.2, -0.15) is 0 Å². The first-order chi connectivity index (χ1) is 16.0. The fourth-order valence-corrected chi connectivity index (χ4v) is 3.82. The Balaban J connectivity index is 1.79. The molecule has 0 aliphatic rings. The predicted octanol–water partition coefficient (Wildman–Crippen LogP) is 4.58. The highest BCUT2D eigenvalue weighted by atomic mass is 16.5. The van der Waals surface area contributed by atoms with Crippen LogP contribution in [0.4, 0.5) is 11.4 Å². The van der Waals surface area contributed by atoms with Crippen molar-refractivity contribution >= 4 is 28.6 Å². The van der Waals surface area contributed by atoms with Gasteiger partial charge in [0.15, 0.2) is 0 Å². The fourth-order valence-electron chi connectivity index (χ4n) is 3.82. The number of hydrogen-bond donors (Lipinski definition) is 2. The number of benzene rings is 2. The molecule has 33 heavy (non-hydrogen) atoms. The second-order valence-corrected chi connectivity index (χ2v) is 7.49. The average molecular weight is 444 g/mol. The number of carbonyl (C=O) groups is 2. The van der Waals surface area contributed by atoms with Gasteiger partial charge in [0.25, 0.3) is 5.91 Å². The quantitative estimate of drug-likeness (QED) is 0.408. The summed E-state index contributed by atoms with van der Waals surface area (Å²) in [6, 6.07) is 17.8. The highest BCUT2D eigenvalue weighted by Crippen LogP contribution is 2.32. The van der Waals surface area contributed by atoms with Gasteiger partial charge in [-0.1, -0.05) is 37.3 Å². The summed E-state index contributed by atoms with van der Waals surface area (Å²) in [5.74, 6) is 0.322. The summed E-state index contributed by atoms with van der Waals surface area (Å²) in [6.45, 7) is 2.05. The lowest BCUT2D eigenvalue weighted by Crippen LogP contribution is -2.15. The van der Waals surface area contributed by atoms with E-state index in [1.165, 1.54) is 14.2 Å². The Labute approximate surface area is 191 Å². The van der Waals surface area contributed by atoms with Crippen LogP contribution >= 0.6 is 0 Å². The van der Waals surface area contributed by atoms with E-state index in [0.29, 0.717) is 28.3 Å². The third kappa shape index (κ3) is 4.01. The zero-order chi connectivity index (χ0) is 23.5.